The third kappa shape index (κ3) is 4.94. The van der Waals surface area contributed by atoms with E-state index in [1.54, 1.807) is 0 Å². The molecule has 3 rings (SSSR count). The number of nitrogens with one attached hydrogen (secondary N) is 2. The quantitative estimate of drug-likeness (QED) is 0.505. The number of amides is 3. The first-order valence-corrected chi connectivity index (χ1v) is 12.5. The summed E-state index contributed by atoms with van der Waals surface area (Å²) in [5, 5.41) is 15.9. The Morgan fingerprint density at radius 2 is 1.71 bits per heavy atom. The lowest BCUT2D eigenvalue weighted by Crippen LogP contribution is -2.66. The molecule has 1 saturated carbocycles. The smallest absolute Gasteiger partial charge is 0.457 e. The standard InChI is InChI=1S/C24H42BN3O6/c1-15(29)26-24(19(30)27-21(2,3)4)16(14-18-17(24)11-13-28(18)20(31)32)10-9-12-25-33-22(5,6)23(7,8)34-25/h16-18H,9-14H2,1-8H3,(H,26,29)(H,27,30)(H,31,32)/t16?,17-,18-,24?/m1/s1. The molecule has 0 bridgehead atoms. The van der Waals surface area contributed by atoms with Gasteiger partial charge in [0.1, 0.15) is 5.54 Å². The fourth-order valence-corrected chi connectivity index (χ4v) is 5.99. The van der Waals surface area contributed by atoms with Crippen molar-refractivity contribution in [2.75, 3.05) is 6.54 Å². The summed E-state index contributed by atoms with van der Waals surface area (Å²) in [5.41, 5.74) is -2.45. The lowest BCUT2D eigenvalue weighted by molar-refractivity contribution is -0.138. The van der Waals surface area contributed by atoms with Crippen molar-refractivity contribution in [3.63, 3.8) is 0 Å². The first kappa shape index (κ1) is 26.8. The zero-order chi connectivity index (χ0) is 25.7. The van der Waals surface area contributed by atoms with Gasteiger partial charge in [0.05, 0.1) is 11.2 Å². The van der Waals surface area contributed by atoms with Crippen molar-refractivity contribution in [3.8, 4) is 0 Å². The van der Waals surface area contributed by atoms with Crippen LogP contribution in [0.15, 0.2) is 0 Å². The van der Waals surface area contributed by atoms with E-state index >= 15 is 0 Å². The number of carboxylic acid groups (broad SMARTS) is 1. The second kappa shape index (κ2) is 9.01. The Labute approximate surface area is 203 Å². The zero-order valence-electron chi connectivity index (χ0n) is 22.0. The van der Waals surface area contributed by atoms with Gasteiger partial charge in [-0.25, -0.2) is 4.79 Å². The van der Waals surface area contributed by atoms with Gasteiger partial charge in [-0.15, -0.1) is 0 Å². The van der Waals surface area contributed by atoms with Crippen LogP contribution in [0.5, 0.6) is 0 Å². The topological polar surface area (TPSA) is 117 Å². The molecular formula is C24H42BN3O6. The van der Waals surface area contributed by atoms with E-state index in [0.717, 1.165) is 6.42 Å². The van der Waals surface area contributed by atoms with E-state index in [1.807, 2.05) is 48.5 Å². The number of hydrogen-bond donors (Lipinski definition) is 3. The first-order valence-electron chi connectivity index (χ1n) is 12.5. The molecule has 34 heavy (non-hydrogen) atoms. The monoisotopic (exact) mass is 479 g/mol. The van der Waals surface area contributed by atoms with Gasteiger partial charge in [-0.05, 0) is 80.0 Å². The van der Waals surface area contributed by atoms with Crippen molar-refractivity contribution < 1.29 is 28.8 Å². The normalized spacial score (nSPS) is 31.9. The molecule has 2 aliphatic heterocycles. The van der Waals surface area contributed by atoms with Crippen LogP contribution in [0.25, 0.3) is 0 Å². The zero-order valence-corrected chi connectivity index (χ0v) is 22.0. The summed E-state index contributed by atoms with van der Waals surface area (Å²) in [5.74, 6) is -0.972. The van der Waals surface area contributed by atoms with Gasteiger partial charge in [-0.3, -0.25) is 9.59 Å². The molecule has 2 heterocycles. The molecule has 0 aromatic rings. The second-order valence-corrected chi connectivity index (χ2v) is 12.2. The highest BCUT2D eigenvalue weighted by molar-refractivity contribution is 6.45. The van der Waals surface area contributed by atoms with Gasteiger partial charge in [-0.1, -0.05) is 6.42 Å². The average Bonchev–Trinajstić information content (AvgIpc) is 3.24. The molecule has 9 nitrogen and oxygen atoms in total. The lowest BCUT2D eigenvalue weighted by Gasteiger charge is -2.41. The van der Waals surface area contributed by atoms with E-state index in [1.165, 1.54) is 11.8 Å². The molecule has 3 N–H and O–H groups in total. The molecule has 0 aromatic heterocycles. The van der Waals surface area contributed by atoms with Gasteiger partial charge in [0.25, 0.3) is 0 Å². The Morgan fingerprint density at radius 1 is 1.12 bits per heavy atom. The van der Waals surface area contributed by atoms with Crippen LogP contribution in [0.4, 0.5) is 4.79 Å². The van der Waals surface area contributed by atoms with E-state index in [4.69, 9.17) is 9.31 Å². The SMILES string of the molecule is CC(=O)NC1(C(=O)NC(C)(C)C)C(CCCB2OC(C)(C)C(C)(C)O2)C[C@@H]2[C@H]1CCN2C(=O)O. The highest BCUT2D eigenvalue weighted by Gasteiger charge is 2.64. The van der Waals surface area contributed by atoms with Crippen molar-refractivity contribution in [1.29, 1.82) is 0 Å². The molecule has 3 fully saturated rings. The number of rotatable bonds is 6. The maximum absolute atomic E-state index is 13.8. The molecule has 4 atom stereocenters. The summed E-state index contributed by atoms with van der Waals surface area (Å²) in [6.45, 7) is 15.6. The predicted molar refractivity (Wildman–Crippen MR) is 129 cm³/mol. The Balaban J connectivity index is 1.84. The molecule has 10 heteroatoms. The van der Waals surface area contributed by atoms with Crippen LogP contribution in [0.2, 0.25) is 6.32 Å². The molecule has 2 unspecified atom stereocenters. The van der Waals surface area contributed by atoms with E-state index in [9.17, 15) is 19.5 Å². The maximum atomic E-state index is 13.8. The van der Waals surface area contributed by atoms with Crippen LogP contribution in [0, 0.1) is 11.8 Å². The molecule has 0 radical (unpaired) electrons. The summed E-state index contributed by atoms with van der Waals surface area (Å²) in [4.78, 5) is 39.5. The van der Waals surface area contributed by atoms with Gasteiger partial charge in [-0.2, -0.15) is 0 Å². The highest BCUT2D eigenvalue weighted by atomic mass is 16.7. The third-order valence-corrected chi connectivity index (χ3v) is 8.09. The Kier molecular flexibility index (Phi) is 7.10. The molecule has 2 saturated heterocycles. The van der Waals surface area contributed by atoms with E-state index in [-0.39, 0.29) is 36.8 Å². The molecular weight excluding hydrogens is 437 g/mol. The maximum Gasteiger partial charge on any atom is 0.457 e. The number of nitrogens with zero attached hydrogens (tertiary/aromatic N) is 1. The van der Waals surface area contributed by atoms with Gasteiger partial charge in [0, 0.05) is 31.0 Å². The fraction of sp³-hybridized carbons (Fsp3) is 0.875. The minimum Gasteiger partial charge on any atom is -0.465 e. The summed E-state index contributed by atoms with van der Waals surface area (Å²) in [6.07, 6.45) is 2.16. The highest BCUT2D eigenvalue weighted by Crippen LogP contribution is 2.51. The molecule has 1 aliphatic carbocycles. The van der Waals surface area contributed by atoms with Crippen molar-refractivity contribution in [2.24, 2.45) is 11.8 Å². The van der Waals surface area contributed by atoms with Gasteiger partial charge >= 0.3 is 13.2 Å². The number of fused-ring (bicyclic) bond motifs is 1. The molecule has 0 spiro atoms. The number of hydrogen-bond acceptors (Lipinski definition) is 5. The molecule has 3 aliphatic rings. The summed E-state index contributed by atoms with van der Waals surface area (Å²) in [7, 11) is -0.333. The predicted octanol–water partition coefficient (Wildman–Crippen LogP) is 3.04. The van der Waals surface area contributed by atoms with Crippen molar-refractivity contribution in [2.45, 2.75) is 116 Å². The Morgan fingerprint density at radius 3 is 2.21 bits per heavy atom. The van der Waals surface area contributed by atoms with Crippen LogP contribution in [-0.2, 0) is 18.9 Å². The minimum atomic E-state index is -1.15. The van der Waals surface area contributed by atoms with E-state index < -0.39 is 28.4 Å². The van der Waals surface area contributed by atoms with Gasteiger partial charge in [0.2, 0.25) is 11.8 Å². The van der Waals surface area contributed by atoms with Crippen molar-refractivity contribution in [1.82, 2.24) is 15.5 Å². The van der Waals surface area contributed by atoms with Gasteiger partial charge < -0.3 is 29.9 Å². The van der Waals surface area contributed by atoms with Crippen LogP contribution in [-0.4, -0.2) is 69.9 Å². The molecule has 0 aromatic carbocycles. The van der Waals surface area contributed by atoms with Crippen molar-refractivity contribution >= 4 is 25.0 Å². The van der Waals surface area contributed by atoms with Crippen LogP contribution < -0.4 is 10.6 Å². The summed E-state index contributed by atoms with van der Waals surface area (Å²) >= 11 is 0. The Hall–Kier alpha value is -1.81. The number of carbonyl (C=O) groups is 3. The first-order chi connectivity index (χ1) is 15.5. The van der Waals surface area contributed by atoms with E-state index in [2.05, 4.69) is 10.6 Å². The summed E-state index contributed by atoms with van der Waals surface area (Å²) < 4.78 is 12.2. The number of likely N-dealkylation sites (tertiary alicyclic amines) is 1. The molecule has 3 amide bonds. The van der Waals surface area contributed by atoms with Crippen LogP contribution >= 0.6 is 0 Å². The number of carbonyl (C=O) groups excluding carboxylic acids is 2. The van der Waals surface area contributed by atoms with Gasteiger partial charge in [0.15, 0.2) is 0 Å². The lowest BCUT2D eigenvalue weighted by atomic mass is 9.73. The molecule has 192 valence electrons. The average molecular weight is 479 g/mol. The van der Waals surface area contributed by atoms with E-state index in [0.29, 0.717) is 32.1 Å². The third-order valence-electron chi connectivity index (χ3n) is 8.09. The Bertz CT molecular complexity index is 810. The largest absolute Gasteiger partial charge is 0.465 e. The summed E-state index contributed by atoms with van der Waals surface area (Å²) in [6, 6.07) is -0.295. The minimum absolute atomic E-state index is 0.196. The fourth-order valence-electron chi connectivity index (χ4n) is 5.99. The van der Waals surface area contributed by atoms with Crippen LogP contribution in [0.1, 0.15) is 81.1 Å². The van der Waals surface area contributed by atoms with Crippen molar-refractivity contribution in [3.05, 3.63) is 0 Å². The second-order valence-electron chi connectivity index (χ2n) is 12.2. The van der Waals surface area contributed by atoms with Crippen LogP contribution in [0.3, 0.4) is 0 Å².